The molecule has 0 aromatic heterocycles. The van der Waals surface area contributed by atoms with Crippen LogP contribution in [-0.4, -0.2) is 25.5 Å². The summed E-state index contributed by atoms with van der Waals surface area (Å²) in [4.78, 5) is 22.7. The molecule has 0 radical (unpaired) electrons. The highest BCUT2D eigenvalue weighted by Crippen LogP contribution is 2.23. The van der Waals surface area contributed by atoms with Crippen molar-refractivity contribution in [2.45, 2.75) is 13.2 Å². The van der Waals surface area contributed by atoms with E-state index in [-0.39, 0.29) is 0 Å². The van der Waals surface area contributed by atoms with Gasteiger partial charge in [0.05, 0.1) is 12.8 Å². The van der Waals surface area contributed by atoms with Crippen molar-refractivity contribution in [3.8, 4) is 5.75 Å². The molecule has 0 saturated carbocycles. The second-order valence-electron chi connectivity index (χ2n) is 3.85. The fourth-order valence-corrected chi connectivity index (χ4v) is 1.56. The number of methoxy groups -OCH3 is 1. The first-order valence-electron chi connectivity index (χ1n) is 5.60. The largest absolute Gasteiger partial charge is 0.495 e. The number of hydrogen-bond donors (Lipinski definition) is 1. The highest BCUT2D eigenvalue weighted by Gasteiger charge is 2.25. The molecular weight excluding hydrogens is 250 g/mol. The van der Waals surface area contributed by atoms with Crippen molar-refractivity contribution in [3.05, 3.63) is 35.9 Å². The summed E-state index contributed by atoms with van der Waals surface area (Å²) >= 11 is 0. The van der Waals surface area contributed by atoms with Gasteiger partial charge in [-0.05, 0) is 19.1 Å². The van der Waals surface area contributed by atoms with Crippen molar-refractivity contribution in [2.24, 2.45) is 0 Å². The molecule has 6 heteroatoms. The summed E-state index contributed by atoms with van der Waals surface area (Å²) in [6, 6.07) is 6.90. The van der Waals surface area contributed by atoms with E-state index in [0.717, 1.165) is 0 Å². The van der Waals surface area contributed by atoms with Crippen molar-refractivity contribution in [1.29, 1.82) is 0 Å². The second kappa shape index (κ2) is 5.43. The zero-order chi connectivity index (χ0) is 13.8. The van der Waals surface area contributed by atoms with Gasteiger partial charge in [0.2, 0.25) is 0 Å². The van der Waals surface area contributed by atoms with Crippen molar-refractivity contribution >= 4 is 17.7 Å². The maximum atomic E-state index is 11.6. The average Bonchev–Trinajstić information content (AvgIpc) is 2.68. The van der Waals surface area contributed by atoms with Crippen LogP contribution in [0, 0.1) is 0 Å². The Hall–Kier alpha value is -2.50. The highest BCUT2D eigenvalue weighted by atomic mass is 16.7. The molecule has 0 bridgehead atoms. The number of carbonyl (C=O) groups excluding carboxylic acids is 2. The van der Waals surface area contributed by atoms with E-state index in [4.69, 9.17) is 14.2 Å². The number of para-hydroxylation sites is 2. The van der Waals surface area contributed by atoms with Gasteiger partial charge in [0.25, 0.3) is 6.29 Å². The predicted octanol–water partition coefficient (Wildman–Crippen LogP) is 2.07. The monoisotopic (exact) mass is 263 g/mol. The molecule has 1 amide bonds. The van der Waals surface area contributed by atoms with Crippen LogP contribution in [0.1, 0.15) is 6.92 Å². The summed E-state index contributed by atoms with van der Waals surface area (Å²) in [5, 5.41) is 2.51. The number of ether oxygens (including phenoxy) is 3. The zero-order valence-electron chi connectivity index (χ0n) is 10.5. The fraction of sp³-hybridized carbons (Fsp3) is 0.231. The Morgan fingerprint density at radius 2 is 2.11 bits per heavy atom. The van der Waals surface area contributed by atoms with Crippen LogP contribution in [-0.2, 0) is 14.3 Å². The molecule has 1 unspecified atom stereocenters. The number of hydrogen-bond acceptors (Lipinski definition) is 5. The first-order valence-corrected chi connectivity index (χ1v) is 5.60. The van der Waals surface area contributed by atoms with Crippen LogP contribution in [0.15, 0.2) is 35.9 Å². The molecule has 1 heterocycles. The third-order valence-electron chi connectivity index (χ3n) is 2.50. The smallest absolute Gasteiger partial charge is 0.415 e. The number of rotatable bonds is 3. The van der Waals surface area contributed by atoms with E-state index in [2.05, 4.69) is 5.32 Å². The minimum atomic E-state index is -0.984. The normalized spacial score (nSPS) is 17.5. The molecular formula is C13H13NO5. The van der Waals surface area contributed by atoms with Crippen molar-refractivity contribution in [1.82, 2.24) is 0 Å². The summed E-state index contributed by atoms with van der Waals surface area (Å²) in [5.74, 6) is 0.0182. The van der Waals surface area contributed by atoms with Gasteiger partial charge in [0, 0.05) is 11.6 Å². The van der Waals surface area contributed by atoms with E-state index >= 15 is 0 Å². The van der Waals surface area contributed by atoms with E-state index < -0.39 is 18.4 Å². The van der Waals surface area contributed by atoms with Gasteiger partial charge in [0.15, 0.2) is 0 Å². The molecule has 1 aliphatic heterocycles. The standard InChI is InChI=1S/C13H13NO5/c1-8-7-11(18-12(8)15)19-13(16)14-9-5-3-4-6-10(9)17-2/h3-7,11H,1-2H3,(H,14,16). The van der Waals surface area contributed by atoms with E-state index in [1.54, 1.807) is 31.2 Å². The summed E-state index contributed by atoms with van der Waals surface area (Å²) in [6.07, 6.45) is -0.278. The molecule has 1 aliphatic rings. The lowest BCUT2D eigenvalue weighted by atomic mass is 10.3. The van der Waals surface area contributed by atoms with Crippen molar-refractivity contribution < 1.29 is 23.8 Å². The maximum Gasteiger partial charge on any atom is 0.415 e. The Morgan fingerprint density at radius 3 is 2.74 bits per heavy atom. The maximum absolute atomic E-state index is 11.6. The van der Waals surface area contributed by atoms with Gasteiger partial charge >= 0.3 is 12.1 Å². The van der Waals surface area contributed by atoms with Crippen LogP contribution < -0.4 is 10.1 Å². The summed E-state index contributed by atoms with van der Waals surface area (Å²) in [6.45, 7) is 1.59. The van der Waals surface area contributed by atoms with Crippen LogP contribution in [0.4, 0.5) is 10.5 Å². The molecule has 0 saturated heterocycles. The van der Waals surface area contributed by atoms with Crippen molar-refractivity contribution in [3.63, 3.8) is 0 Å². The van der Waals surface area contributed by atoms with Crippen LogP contribution in [0.2, 0.25) is 0 Å². The fourth-order valence-electron chi connectivity index (χ4n) is 1.56. The van der Waals surface area contributed by atoms with E-state index in [1.807, 2.05) is 0 Å². The molecule has 1 aromatic carbocycles. The number of cyclic esters (lactones) is 1. The molecule has 1 N–H and O–H groups in total. The van der Waals surface area contributed by atoms with Crippen molar-refractivity contribution in [2.75, 3.05) is 12.4 Å². The third kappa shape index (κ3) is 3.04. The molecule has 1 aromatic rings. The number of amides is 1. The number of benzene rings is 1. The lowest BCUT2D eigenvalue weighted by Crippen LogP contribution is -2.22. The van der Waals surface area contributed by atoms with Crippen LogP contribution in [0.5, 0.6) is 5.75 Å². The lowest BCUT2D eigenvalue weighted by Gasteiger charge is -2.12. The van der Waals surface area contributed by atoms with Crippen LogP contribution in [0.3, 0.4) is 0 Å². The molecule has 0 fully saturated rings. The third-order valence-corrected chi connectivity index (χ3v) is 2.50. The zero-order valence-corrected chi connectivity index (χ0v) is 10.5. The number of carbonyl (C=O) groups is 2. The van der Waals surface area contributed by atoms with Gasteiger partial charge < -0.3 is 14.2 Å². The molecule has 0 spiro atoms. The number of anilines is 1. The topological polar surface area (TPSA) is 73.9 Å². The Bertz CT molecular complexity index is 538. The quantitative estimate of drug-likeness (QED) is 0.845. The minimum Gasteiger partial charge on any atom is -0.495 e. The Balaban J connectivity index is 1.97. The van der Waals surface area contributed by atoms with E-state index in [9.17, 15) is 9.59 Å². The van der Waals surface area contributed by atoms with Gasteiger partial charge in [-0.3, -0.25) is 5.32 Å². The minimum absolute atomic E-state index is 0.412. The highest BCUT2D eigenvalue weighted by molar-refractivity contribution is 5.91. The second-order valence-corrected chi connectivity index (χ2v) is 3.85. The average molecular weight is 263 g/mol. The molecule has 6 nitrogen and oxygen atoms in total. The summed E-state index contributed by atoms with van der Waals surface area (Å²) < 4.78 is 14.8. The lowest BCUT2D eigenvalue weighted by molar-refractivity contribution is -0.150. The summed E-state index contributed by atoms with van der Waals surface area (Å²) in [5.41, 5.74) is 0.884. The van der Waals surface area contributed by atoms with Gasteiger partial charge in [-0.2, -0.15) is 0 Å². The predicted molar refractivity (Wildman–Crippen MR) is 66.7 cm³/mol. The Morgan fingerprint density at radius 1 is 1.37 bits per heavy atom. The molecule has 1 atom stereocenters. The first kappa shape index (κ1) is 12.9. The molecule has 100 valence electrons. The Kier molecular flexibility index (Phi) is 3.70. The number of esters is 1. The molecule has 2 rings (SSSR count). The molecule has 19 heavy (non-hydrogen) atoms. The van der Waals surface area contributed by atoms with Gasteiger partial charge in [-0.25, -0.2) is 9.59 Å². The molecule has 0 aliphatic carbocycles. The van der Waals surface area contributed by atoms with E-state index in [1.165, 1.54) is 13.2 Å². The first-order chi connectivity index (χ1) is 9.10. The van der Waals surface area contributed by atoms with Gasteiger partial charge in [-0.1, -0.05) is 12.1 Å². The van der Waals surface area contributed by atoms with Crippen LogP contribution in [0.25, 0.3) is 0 Å². The summed E-state index contributed by atoms with van der Waals surface area (Å²) in [7, 11) is 1.50. The SMILES string of the molecule is COc1ccccc1NC(=O)OC1C=C(C)C(=O)O1. The van der Waals surface area contributed by atoms with Gasteiger partial charge in [-0.15, -0.1) is 0 Å². The Labute approximate surface area is 110 Å². The van der Waals surface area contributed by atoms with Crippen LogP contribution >= 0.6 is 0 Å². The van der Waals surface area contributed by atoms with E-state index in [0.29, 0.717) is 17.0 Å². The van der Waals surface area contributed by atoms with Gasteiger partial charge in [0.1, 0.15) is 5.75 Å². The number of nitrogens with one attached hydrogen (secondary N) is 1.